The van der Waals surface area contributed by atoms with Gasteiger partial charge >= 0.3 is 0 Å². The van der Waals surface area contributed by atoms with Crippen LogP contribution in [0.4, 0.5) is 0 Å². The summed E-state index contributed by atoms with van der Waals surface area (Å²) in [5.41, 5.74) is 1.03. The zero-order valence-corrected chi connectivity index (χ0v) is 10.6. The summed E-state index contributed by atoms with van der Waals surface area (Å²) in [7, 11) is 0. The van der Waals surface area contributed by atoms with Crippen molar-refractivity contribution < 1.29 is 4.79 Å². The number of halogens is 1. The van der Waals surface area contributed by atoms with Crippen molar-refractivity contribution in [3.63, 3.8) is 0 Å². The van der Waals surface area contributed by atoms with E-state index in [-0.39, 0.29) is 18.0 Å². The molecule has 1 amide bonds. The van der Waals surface area contributed by atoms with Crippen molar-refractivity contribution in [3.8, 4) is 0 Å². The van der Waals surface area contributed by atoms with E-state index >= 15 is 0 Å². The third-order valence-electron chi connectivity index (χ3n) is 3.11. The van der Waals surface area contributed by atoms with Gasteiger partial charge in [-0.15, -0.1) is 0 Å². The third-order valence-corrected chi connectivity index (χ3v) is 3.45. The second-order valence-electron chi connectivity index (χ2n) is 4.40. The van der Waals surface area contributed by atoms with E-state index in [1.54, 1.807) is 0 Å². The zero-order valence-electron chi connectivity index (χ0n) is 9.87. The zero-order chi connectivity index (χ0) is 12.3. The fraction of sp³-hybridized carbons (Fsp3) is 0.462. The maximum atomic E-state index is 11.6. The van der Waals surface area contributed by atoms with E-state index in [4.69, 9.17) is 11.6 Å². The number of piperidine rings is 1. The Morgan fingerprint density at radius 1 is 1.47 bits per heavy atom. The second kappa shape index (κ2) is 5.52. The Morgan fingerprint density at radius 3 is 2.94 bits per heavy atom. The molecule has 4 heteroatoms. The lowest BCUT2D eigenvalue weighted by atomic mass is 10.0. The first-order valence-corrected chi connectivity index (χ1v) is 6.34. The molecule has 1 heterocycles. The number of hydrogen-bond acceptors (Lipinski definition) is 2. The third kappa shape index (κ3) is 2.99. The molecule has 92 valence electrons. The largest absolute Gasteiger partial charge is 0.355 e. The first kappa shape index (κ1) is 12.4. The molecule has 0 saturated carbocycles. The predicted octanol–water partition coefficient (Wildman–Crippen LogP) is 2.27. The topological polar surface area (TPSA) is 41.1 Å². The van der Waals surface area contributed by atoms with Crippen molar-refractivity contribution in [2.24, 2.45) is 0 Å². The Balaban J connectivity index is 2.03. The molecule has 0 aromatic heterocycles. The number of carbonyl (C=O) groups is 1. The normalized spacial score (nSPS) is 22.0. The molecule has 1 aromatic rings. The summed E-state index contributed by atoms with van der Waals surface area (Å²) in [5, 5.41) is 6.94. The maximum Gasteiger partial charge on any atom is 0.237 e. The summed E-state index contributed by atoms with van der Waals surface area (Å²) in [6, 6.07) is 7.70. The molecule has 0 spiro atoms. The molecule has 0 bridgehead atoms. The average molecular weight is 253 g/mol. The average Bonchev–Trinajstić information content (AvgIpc) is 2.32. The van der Waals surface area contributed by atoms with E-state index in [0.717, 1.165) is 30.0 Å². The molecule has 0 aliphatic carbocycles. The number of nitrogens with one attached hydrogen (secondary N) is 2. The molecule has 1 aliphatic rings. The van der Waals surface area contributed by atoms with Gasteiger partial charge in [0.15, 0.2) is 0 Å². The monoisotopic (exact) mass is 252 g/mol. The van der Waals surface area contributed by atoms with Crippen molar-refractivity contribution in [2.75, 3.05) is 6.54 Å². The van der Waals surface area contributed by atoms with Crippen LogP contribution in [0.2, 0.25) is 5.02 Å². The molecule has 2 N–H and O–H groups in total. The SMILES string of the molecule is CC(NC1CCCNC1=O)c1ccccc1Cl. The highest BCUT2D eigenvalue weighted by Gasteiger charge is 2.23. The van der Waals surface area contributed by atoms with E-state index in [0.29, 0.717) is 0 Å². The van der Waals surface area contributed by atoms with Crippen molar-refractivity contribution in [1.29, 1.82) is 0 Å². The molecule has 17 heavy (non-hydrogen) atoms. The summed E-state index contributed by atoms with van der Waals surface area (Å²) in [6.45, 7) is 2.82. The van der Waals surface area contributed by atoms with Gasteiger partial charge in [-0.2, -0.15) is 0 Å². The van der Waals surface area contributed by atoms with Crippen LogP contribution in [0.5, 0.6) is 0 Å². The molecule has 0 radical (unpaired) electrons. The van der Waals surface area contributed by atoms with Gasteiger partial charge in [0.2, 0.25) is 5.91 Å². The lowest BCUT2D eigenvalue weighted by Crippen LogP contribution is -2.48. The Morgan fingerprint density at radius 2 is 2.24 bits per heavy atom. The first-order valence-electron chi connectivity index (χ1n) is 5.96. The van der Waals surface area contributed by atoms with Gasteiger partial charge in [-0.1, -0.05) is 29.8 Å². The maximum absolute atomic E-state index is 11.6. The number of amides is 1. The molecule has 1 saturated heterocycles. The number of rotatable bonds is 3. The van der Waals surface area contributed by atoms with E-state index in [9.17, 15) is 4.79 Å². The minimum Gasteiger partial charge on any atom is -0.355 e. The van der Waals surface area contributed by atoms with Crippen LogP contribution in [0, 0.1) is 0 Å². The molecule has 1 aliphatic heterocycles. The van der Waals surface area contributed by atoms with Crippen molar-refractivity contribution in [1.82, 2.24) is 10.6 Å². The fourth-order valence-corrected chi connectivity index (χ4v) is 2.45. The van der Waals surface area contributed by atoms with Gasteiger partial charge in [-0.3, -0.25) is 10.1 Å². The Labute approximate surface area is 107 Å². The molecule has 2 rings (SSSR count). The summed E-state index contributed by atoms with van der Waals surface area (Å²) < 4.78 is 0. The summed E-state index contributed by atoms with van der Waals surface area (Å²) in [6.07, 6.45) is 1.92. The minimum absolute atomic E-state index is 0.0811. The predicted molar refractivity (Wildman–Crippen MR) is 69.0 cm³/mol. The van der Waals surface area contributed by atoms with Crippen molar-refractivity contribution in [2.45, 2.75) is 31.8 Å². The van der Waals surface area contributed by atoms with Crippen LogP contribution in [0.3, 0.4) is 0 Å². The van der Waals surface area contributed by atoms with Crippen molar-refractivity contribution in [3.05, 3.63) is 34.9 Å². The smallest absolute Gasteiger partial charge is 0.237 e. The van der Waals surface area contributed by atoms with Gasteiger partial charge in [0, 0.05) is 17.6 Å². The molecule has 3 nitrogen and oxygen atoms in total. The lowest BCUT2D eigenvalue weighted by molar-refractivity contribution is -0.124. The number of hydrogen-bond donors (Lipinski definition) is 2. The first-order chi connectivity index (χ1) is 8.18. The Kier molecular flexibility index (Phi) is 4.02. The molecular formula is C13H17ClN2O. The van der Waals surface area contributed by atoms with Gasteiger partial charge in [0.25, 0.3) is 0 Å². The molecule has 1 fully saturated rings. The van der Waals surface area contributed by atoms with Gasteiger partial charge in [0.05, 0.1) is 6.04 Å². The fourth-order valence-electron chi connectivity index (χ4n) is 2.15. The van der Waals surface area contributed by atoms with Crippen LogP contribution in [0.25, 0.3) is 0 Å². The lowest BCUT2D eigenvalue weighted by Gasteiger charge is -2.26. The van der Waals surface area contributed by atoms with Crippen LogP contribution < -0.4 is 10.6 Å². The van der Waals surface area contributed by atoms with Gasteiger partial charge in [-0.25, -0.2) is 0 Å². The minimum atomic E-state index is -0.102. The van der Waals surface area contributed by atoms with E-state index in [1.165, 1.54) is 0 Å². The van der Waals surface area contributed by atoms with E-state index < -0.39 is 0 Å². The quantitative estimate of drug-likeness (QED) is 0.867. The molecule has 2 unspecified atom stereocenters. The highest BCUT2D eigenvalue weighted by atomic mass is 35.5. The standard InChI is InChI=1S/C13H17ClN2O/c1-9(10-5-2-3-6-11(10)14)16-12-7-4-8-15-13(12)17/h2-3,5-6,9,12,16H,4,7-8H2,1H3,(H,15,17). The Hall–Kier alpha value is -1.06. The van der Waals surface area contributed by atoms with Crippen LogP contribution >= 0.6 is 11.6 Å². The second-order valence-corrected chi connectivity index (χ2v) is 4.80. The Bertz CT molecular complexity index is 408. The van der Waals surface area contributed by atoms with Gasteiger partial charge in [0.1, 0.15) is 0 Å². The summed E-state index contributed by atoms with van der Waals surface area (Å²) in [5.74, 6) is 0.0927. The molecule has 2 atom stereocenters. The van der Waals surface area contributed by atoms with E-state index in [2.05, 4.69) is 10.6 Å². The molecular weight excluding hydrogens is 236 g/mol. The summed E-state index contributed by atoms with van der Waals surface area (Å²) in [4.78, 5) is 11.6. The number of carbonyl (C=O) groups excluding carboxylic acids is 1. The van der Waals surface area contributed by atoms with Crippen LogP contribution in [-0.2, 0) is 4.79 Å². The van der Waals surface area contributed by atoms with E-state index in [1.807, 2.05) is 31.2 Å². The van der Waals surface area contributed by atoms with Gasteiger partial charge in [-0.05, 0) is 31.4 Å². The van der Waals surface area contributed by atoms with Crippen LogP contribution in [0.1, 0.15) is 31.4 Å². The van der Waals surface area contributed by atoms with Crippen LogP contribution in [-0.4, -0.2) is 18.5 Å². The highest BCUT2D eigenvalue weighted by Crippen LogP contribution is 2.23. The van der Waals surface area contributed by atoms with Crippen LogP contribution in [0.15, 0.2) is 24.3 Å². The van der Waals surface area contributed by atoms with Gasteiger partial charge < -0.3 is 5.32 Å². The molecule has 1 aromatic carbocycles. The number of benzene rings is 1. The summed E-state index contributed by atoms with van der Waals surface area (Å²) >= 11 is 6.13. The highest BCUT2D eigenvalue weighted by molar-refractivity contribution is 6.31. The van der Waals surface area contributed by atoms with Crippen molar-refractivity contribution >= 4 is 17.5 Å².